The molecule has 1 heterocycles. The molecule has 2 heteroatoms. The smallest absolute Gasteiger partial charge is 0.0982 e. The lowest BCUT2D eigenvalue weighted by Gasteiger charge is -2.12. The number of aromatic nitrogens is 1. The first kappa shape index (κ1) is 10.5. The first-order chi connectivity index (χ1) is 7.02. The van der Waals surface area contributed by atoms with Gasteiger partial charge in [-0.3, -0.25) is 0 Å². The maximum atomic E-state index is 3.62. The average molecular weight is 217 g/mol. The molecule has 1 nitrogen and oxygen atoms in total. The van der Waals surface area contributed by atoms with Crippen LogP contribution in [-0.4, -0.2) is 13.1 Å². The van der Waals surface area contributed by atoms with Gasteiger partial charge in [0, 0.05) is 5.52 Å². The second-order valence-corrected chi connectivity index (χ2v) is 10.2. The van der Waals surface area contributed by atoms with Crippen molar-refractivity contribution in [3.63, 3.8) is 0 Å². The van der Waals surface area contributed by atoms with Crippen molar-refractivity contribution in [3.8, 4) is 0 Å². The third-order valence-electron chi connectivity index (χ3n) is 2.93. The number of hydrogen-bond donors (Lipinski definition) is 1. The Morgan fingerprint density at radius 2 is 1.93 bits per heavy atom. The zero-order valence-electron chi connectivity index (χ0n) is 10.0. The maximum absolute atomic E-state index is 3.62. The molecular formula is C13H19NSi. The van der Waals surface area contributed by atoms with Crippen molar-refractivity contribution < 1.29 is 0 Å². The van der Waals surface area contributed by atoms with Crippen LogP contribution in [0.1, 0.15) is 12.5 Å². The molecule has 0 saturated heterocycles. The average Bonchev–Trinajstić information content (AvgIpc) is 2.59. The van der Waals surface area contributed by atoms with Gasteiger partial charge in [0.15, 0.2) is 0 Å². The third kappa shape index (κ3) is 1.86. The predicted octanol–water partition coefficient (Wildman–Crippen LogP) is 3.28. The van der Waals surface area contributed by atoms with Gasteiger partial charge in [0.25, 0.3) is 0 Å². The Morgan fingerprint density at radius 3 is 2.53 bits per heavy atom. The minimum Gasteiger partial charge on any atom is -0.362 e. The van der Waals surface area contributed by atoms with Gasteiger partial charge >= 0.3 is 0 Å². The summed E-state index contributed by atoms with van der Waals surface area (Å²) >= 11 is 0. The Labute approximate surface area is 92.5 Å². The zero-order chi connectivity index (χ0) is 11.1. The van der Waals surface area contributed by atoms with Gasteiger partial charge in [0.2, 0.25) is 0 Å². The molecule has 80 valence electrons. The molecule has 1 N–H and O–H groups in total. The Morgan fingerprint density at radius 1 is 1.20 bits per heavy atom. The fraction of sp³-hybridized carbons (Fsp3) is 0.385. The molecule has 0 bridgehead atoms. The van der Waals surface area contributed by atoms with Crippen LogP contribution in [0.3, 0.4) is 0 Å². The van der Waals surface area contributed by atoms with Crippen LogP contribution in [0, 0.1) is 0 Å². The highest BCUT2D eigenvalue weighted by Crippen LogP contribution is 2.18. The van der Waals surface area contributed by atoms with E-state index in [1.54, 1.807) is 0 Å². The van der Waals surface area contributed by atoms with E-state index in [4.69, 9.17) is 0 Å². The molecule has 0 atom stereocenters. The Balaban J connectivity index is 2.65. The first-order valence-electron chi connectivity index (χ1n) is 5.63. The summed E-state index contributed by atoms with van der Waals surface area (Å²) in [5, 5.41) is 2.82. The molecule has 0 saturated carbocycles. The van der Waals surface area contributed by atoms with E-state index in [-0.39, 0.29) is 0 Å². The monoisotopic (exact) mass is 217 g/mol. The van der Waals surface area contributed by atoms with E-state index in [1.807, 2.05) is 0 Å². The van der Waals surface area contributed by atoms with Gasteiger partial charge in [-0.25, -0.2) is 0 Å². The molecule has 1 aromatic heterocycles. The number of benzene rings is 1. The van der Waals surface area contributed by atoms with Crippen molar-refractivity contribution in [2.24, 2.45) is 0 Å². The fourth-order valence-corrected chi connectivity index (χ4v) is 3.01. The summed E-state index contributed by atoms with van der Waals surface area (Å²) in [5.74, 6) is 0. The highest BCUT2D eigenvalue weighted by Gasteiger charge is 2.19. The van der Waals surface area contributed by atoms with Crippen LogP contribution in [0.2, 0.25) is 19.6 Å². The number of nitrogens with one attached hydrogen (secondary N) is 1. The quantitative estimate of drug-likeness (QED) is 0.743. The van der Waals surface area contributed by atoms with Crippen molar-refractivity contribution in [1.29, 1.82) is 0 Å². The molecule has 0 radical (unpaired) electrons. The molecule has 0 aliphatic heterocycles. The van der Waals surface area contributed by atoms with Crippen molar-refractivity contribution in [2.75, 3.05) is 0 Å². The summed E-state index contributed by atoms with van der Waals surface area (Å²) in [7, 11) is -1.21. The number of aryl methyl sites for hydroxylation is 1. The topological polar surface area (TPSA) is 15.8 Å². The highest BCUT2D eigenvalue weighted by atomic mass is 28.3. The van der Waals surface area contributed by atoms with Gasteiger partial charge in [-0.1, -0.05) is 44.8 Å². The number of para-hydroxylation sites is 1. The fourth-order valence-electron chi connectivity index (χ4n) is 1.92. The molecule has 0 amide bonds. The zero-order valence-corrected chi connectivity index (χ0v) is 11.0. The van der Waals surface area contributed by atoms with Gasteiger partial charge in [0.05, 0.1) is 8.07 Å². The summed E-state index contributed by atoms with van der Waals surface area (Å²) in [6, 6.07) is 8.91. The van der Waals surface area contributed by atoms with Gasteiger partial charge < -0.3 is 4.98 Å². The lowest BCUT2D eigenvalue weighted by molar-refractivity contribution is 1.15. The number of rotatable bonds is 2. The lowest BCUT2D eigenvalue weighted by atomic mass is 10.1. The second-order valence-electron chi connectivity index (χ2n) is 5.17. The van der Waals surface area contributed by atoms with E-state index in [9.17, 15) is 0 Å². The largest absolute Gasteiger partial charge is 0.362 e. The first-order valence-corrected chi connectivity index (χ1v) is 9.13. The van der Waals surface area contributed by atoms with Crippen molar-refractivity contribution in [3.05, 3.63) is 29.8 Å². The van der Waals surface area contributed by atoms with E-state index in [2.05, 4.69) is 55.8 Å². The molecule has 0 spiro atoms. The van der Waals surface area contributed by atoms with Crippen LogP contribution in [0.5, 0.6) is 0 Å². The summed E-state index contributed by atoms with van der Waals surface area (Å²) in [4.78, 5) is 3.62. The predicted molar refractivity (Wildman–Crippen MR) is 70.7 cm³/mol. The summed E-state index contributed by atoms with van der Waals surface area (Å²) in [6.45, 7) is 9.35. The minimum atomic E-state index is -1.21. The van der Waals surface area contributed by atoms with E-state index in [0.29, 0.717) is 0 Å². The molecule has 0 unspecified atom stereocenters. The number of hydrogen-bond acceptors (Lipinski definition) is 0. The van der Waals surface area contributed by atoms with Crippen LogP contribution in [0.15, 0.2) is 24.3 Å². The highest BCUT2D eigenvalue weighted by molar-refractivity contribution is 6.88. The maximum Gasteiger partial charge on any atom is 0.0982 e. The molecule has 0 fully saturated rings. The molecule has 1 aromatic carbocycles. The van der Waals surface area contributed by atoms with Crippen LogP contribution in [0.4, 0.5) is 0 Å². The number of fused-ring (bicyclic) bond motifs is 1. The minimum absolute atomic E-state index is 1.10. The van der Waals surface area contributed by atoms with E-state index >= 15 is 0 Å². The molecular weight excluding hydrogens is 198 g/mol. The van der Waals surface area contributed by atoms with Crippen molar-refractivity contribution in [2.45, 2.75) is 33.0 Å². The Bertz CT molecular complexity index is 477. The third-order valence-corrected chi connectivity index (χ3v) is 4.82. The van der Waals surface area contributed by atoms with Crippen LogP contribution in [0.25, 0.3) is 10.9 Å². The van der Waals surface area contributed by atoms with Crippen LogP contribution in [-0.2, 0) is 6.42 Å². The van der Waals surface area contributed by atoms with E-state index in [1.165, 1.54) is 21.8 Å². The van der Waals surface area contributed by atoms with Crippen LogP contribution >= 0.6 is 0 Å². The van der Waals surface area contributed by atoms with Gasteiger partial charge in [0.1, 0.15) is 0 Å². The Kier molecular flexibility index (Phi) is 2.47. The molecule has 15 heavy (non-hydrogen) atoms. The molecule has 2 aromatic rings. The van der Waals surface area contributed by atoms with Crippen LogP contribution < -0.4 is 5.32 Å². The summed E-state index contributed by atoms with van der Waals surface area (Å²) in [5.41, 5.74) is 2.77. The lowest BCUT2D eigenvalue weighted by Crippen LogP contribution is -2.38. The normalized spacial score (nSPS) is 12.3. The van der Waals surface area contributed by atoms with Crippen molar-refractivity contribution in [1.82, 2.24) is 4.98 Å². The Hall–Kier alpha value is -1.02. The number of H-pyrrole nitrogens is 1. The molecule has 0 aliphatic carbocycles. The van der Waals surface area contributed by atoms with Crippen molar-refractivity contribution >= 4 is 24.3 Å². The van der Waals surface area contributed by atoms with E-state index < -0.39 is 8.07 Å². The SMILES string of the molecule is CCc1cccc2cc([Si](C)(C)C)[nH]c12. The van der Waals surface area contributed by atoms with Gasteiger partial charge in [-0.15, -0.1) is 0 Å². The standard InChI is InChI=1S/C13H19NSi/c1-5-10-7-6-8-11-9-12(14-13(10)11)15(2,3)4/h6-9,14H,5H2,1-4H3. The molecule has 2 rings (SSSR count). The van der Waals surface area contributed by atoms with Gasteiger partial charge in [-0.05, 0) is 28.8 Å². The summed E-state index contributed by atoms with van der Waals surface area (Å²) < 4.78 is 0. The molecule has 0 aliphatic rings. The van der Waals surface area contributed by atoms with E-state index in [0.717, 1.165) is 6.42 Å². The number of aromatic amines is 1. The summed E-state index contributed by atoms with van der Waals surface area (Å²) in [6.07, 6.45) is 1.10. The second kappa shape index (κ2) is 3.53. The van der Waals surface area contributed by atoms with Gasteiger partial charge in [-0.2, -0.15) is 0 Å².